The zero-order valence-electron chi connectivity index (χ0n) is 16.3. The Bertz CT molecular complexity index is 1140. The molecule has 4 aromatic rings. The van der Waals surface area contributed by atoms with Gasteiger partial charge in [0.25, 0.3) is 0 Å². The van der Waals surface area contributed by atoms with Gasteiger partial charge in [0.1, 0.15) is 18.1 Å². The van der Waals surface area contributed by atoms with Crippen LogP contribution in [0.2, 0.25) is 0 Å². The molecule has 0 aliphatic rings. The second kappa shape index (κ2) is 8.96. The fourth-order valence-electron chi connectivity index (χ4n) is 2.95. The van der Waals surface area contributed by atoms with Crippen molar-refractivity contribution in [1.29, 1.82) is 0 Å². The number of hydrogen-bond donors (Lipinski definition) is 0. The van der Waals surface area contributed by atoms with E-state index in [1.165, 1.54) is 0 Å². The molecule has 4 rings (SSSR count). The molecule has 0 unspecified atom stereocenters. The average Bonchev–Trinajstić information content (AvgIpc) is 3.48. The van der Waals surface area contributed by atoms with Crippen LogP contribution in [0.15, 0.2) is 88.0 Å². The summed E-state index contributed by atoms with van der Waals surface area (Å²) >= 11 is 0. The lowest BCUT2D eigenvalue weighted by molar-refractivity contribution is -0.137. The number of carbonyl (C=O) groups excluding carboxylic acids is 1. The van der Waals surface area contributed by atoms with Crippen molar-refractivity contribution < 1.29 is 23.2 Å². The third-order valence-electron chi connectivity index (χ3n) is 4.42. The topological polar surface area (TPSA) is 74.7 Å². The molecule has 0 fully saturated rings. The Balaban J connectivity index is 1.57. The lowest BCUT2D eigenvalue weighted by atomic mass is 10.0. The first-order valence-electron chi connectivity index (χ1n) is 9.31. The van der Waals surface area contributed by atoms with E-state index in [0.29, 0.717) is 28.5 Å². The summed E-state index contributed by atoms with van der Waals surface area (Å²) < 4.78 is 21.4. The van der Waals surface area contributed by atoms with Gasteiger partial charge in [0.2, 0.25) is 5.76 Å². The van der Waals surface area contributed by atoms with Crippen LogP contribution in [-0.2, 0) is 16.1 Å². The van der Waals surface area contributed by atoms with Crippen LogP contribution in [0.1, 0.15) is 16.8 Å². The van der Waals surface area contributed by atoms with Gasteiger partial charge in [-0.2, -0.15) is 0 Å². The van der Waals surface area contributed by atoms with Crippen molar-refractivity contribution in [2.75, 3.05) is 7.11 Å². The molecule has 2 heterocycles. The Morgan fingerprint density at radius 2 is 1.80 bits per heavy atom. The van der Waals surface area contributed by atoms with Gasteiger partial charge < -0.3 is 18.4 Å². The molecule has 0 aliphatic carbocycles. The van der Waals surface area contributed by atoms with Gasteiger partial charge in [-0.05, 0) is 29.8 Å². The Morgan fingerprint density at radius 3 is 2.57 bits per heavy atom. The fourth-order valence-corrected chi connectivity index (χ4v) is 2.95. The van der Waals surface area contributed by atoms with Crippen LogP contribution in [0.3, 0.4) is 0 Å². The number of furan rings is 1. The van der Waals surface area contributed by atoms with Gasteiger partial charge in [0, 0.05) is 11.6 Å². The number of esters is 1. The minimum Gasteiger partial charge on any atom is -0.496 e. The number of aromatic nitrogens is 1. The van der Waals surface area contributed by atoms with Crippen LogP contribution in [-0.4, -0.2) is 18.2 Å². The second-order valence-electron chi connectivity index (χ2n) is 6.40. The third-order valence-corrected chi connectivity index (χ3v) is 4.42. The van der Waals surface area contributed by atoms with Crippen LogP contribution in [0, 0.1) is 0 Å². The highest BCUT2D eigenvalue weighted by atomic mass is 16.5. The molecule has 0 saturated heterocycles. The van der Waals surface area contributed by atoms with Crippen molar-refractivity contribution in [3.63, 3.8) is 0 Å². The maximum absolute atomic E-state index is 12.9. The Morgan fingerprint density at radius 1 is 1.00 bits per heavy atom. The molecule has 0 N–H and O–H groups in total. The number of methoxy groups -OCH3 is 1. The molecule has 150 valence electrons. The molecule has 0 bridgehead atoms. The summed E-state index contributed by atoms with van der Waals surface area (Å²) in [6, 6.07) is 22.0. The standard InChI is InChI=1S/C24H19NO5/c1-27-21-11-6-5-10-18(21)14-20(17-8-3-2-4-9-17)24(26)29-16-19-15-23(30-25-19)22-12-7-13-28-22/h2-15H,16H2,1H3/b20-14+. The number of carbonyl (C=O) groups is 1. The number of benzene rings is 2. The van der Waals surface area contributed by atoms with Crippen LogP contribution in [0.25, 0.3) is 23.2 Å². The van der Waals surface area contributed by atoms with E-state index < -0.39 is 5.97 Å². The van der Waals surface area contributed by atoms with E-state index in [1.807, 2.05) is 54.6 Å². The maximum Gasteiger partial charge on any atom is 0.339 e. The number of nitrogens with zero attached hydrogens (tertiary/aromatic N) is 1. The van der Waals surface area contributed by atoms with E-state index in [9.17, 15) is 4.79 Å². The van der Waals surface area contributed by atoms with Gasteiger partial charge in [0.05, 0.1) is 18.9 Å². The van der Waals surface area contributed by atoms with Crippen molar-refractivity contribution in [1.82, 2.24) is 5.16 Å². The van der Waals surface area contributed by atoms with Crippen molar-refractivity contribution in [3.05, 3.63) is 95.9 Å². The van der Waals surface area contributed by atoms with Crippen LogP contribution >= 0.6 is 0 Å². The maximum atomic E-state index is 12.9. The highest BCUT2D eigenvalue weighted by molar-refractivity contribution is 6.21. The molecule has 0 atom stereocenters. The van der Waals surface area contributed by atoms with Crippen molar-refractivity contribution >= 4 is 17.6 Å². The minimum absolute atomic E-state index is 0.0286. The monoisotopic (exact) mass is 401 g/mol. The zero-order chi connectivity index (χ0) is 20.8. The summed E-state index contributed by atoms with van der Waals surface area (Å²) in [5, 5.41) is 3.94. The molecule has 0 saturated carbocycles. The van der Waals surface area contributed by atoms with E-state index in [4.69, 9.17) is 18.4 Å². The summed E-state index contributed by atoms with van der Waals surface area (Å²) in [4.78, 5) is 12.9. The second-order valence-corrected chi connectivity index (χ2v) is 6.40. The summed E-state index contributed by atoms with van der Waals surface area (Å²) in [7, 11) is 1.59. The van der Waals surface area contributed by atoms with E-state index in [1.54, 1.807) is 37.6 Å². The van der Waals surface area contributed by atoms with Crippen LogP contribution < -0.4 is 4.74 Å². The van der Waals surface area contributed by atoms with Crippen LogP contribution in [0.4, 0.5) is 0 Å². The highest BCUT2D eigenvalue weighted by Gasteiger charge is 2.17. The van der Waals surface area contributed by atoms with Crippen molar-refractivity contribution in [2.45, 2.75) is 6.61 Å². The van der Waals surface area contributed by atoms with Gasteiger partial charge in [-0.3, -0.25) is 0 Å². The first-order chi connectivity index (χ1) is 14.7. The lowest BCUT2D eigenvalue weighted by Crippen LogP contribution is -2.07. The summed E-state index contributed by atoms with van der Waals surface area (Å²) in [5.41, 5.74) is 2.41. The molecule has 0 aliphatic heterocycles. The predicted molar refractivity (Wildman–Crippen MR) is 111 cm³/mol. The van der Waals surface area contributed by atoms with Gasteiger partial charge >= 0.3 is 5.97 Å². The quantitative estimate of drug-likeness (QED) is 0.240. The summed E-state index contributed by atoms with van der Waals surface area (Å²) in [5.74, 6) is 1.22. The predicted octanol–water partition coefficient (Wildman–Crippen LogP) is 5.23. The largest absolute Gasteiger partial charge is 0.496 e. The van der Waals surface area contributed by atoms with Crippen molar-refractivity contribution in [2.24, 2.45) is 0 Å². The van der Waals surface area contributed by atoms with Crippen LogP contribution in [0.5, 0.6) is 5.75 Å². The first kappa shape index (κ1) is 19.3. The summed E-state index contributed by atoms with van der Waals surface area (Å²) in [6.45, 7) is -0.0286. The smallest absolute Gasteiger partial charge is 0.339 e. The normalized spacial score (nSPS) is 11.3. The number of ether oxygens (including phenoxy) is 2. The molecule has 6 heteroatoms. The van der Waals surface area contributed by atoms with Gasteiger partial charge in [0.15, 0.2) is 5.76 Å². The molecule has 0 amide bonds. The number of hydrogen-bond acceptors (Lipinski definition) is 6. The SMILES string of the molecule is COc1ccccc1/C=C(/C(=O)OCc1cc(-c2ccco2)on1)c1ccccc1. The Kier molecular flexibility index (Phi) is 5.75. The summed E-state index contributed by atoms with van der Waals surface area (Å²) in [6.07, 6.45) is 3.31. The minimum atomic E-state index is -0.477. The number of rotatable bonds is 7. The first-order valence-corrected chi connectivity index (χ1v) is 9.31. The van der Waals surface area contributed by atoms with Crippen molar-refractivity contribution in [3.8, 4) is 17.3 Å². The Labute approximate surface area is 173 Å². The highest BCUT2D eigenvalue weighted by Crippen LogP contribution is 2.26. The van der Waals surface area contributed by atoms with E-state index in [0.717, 1.165) is 11.1 Å². The molecule has 0 radical (unpaired) electrons. The van der Waals surface area contributed by atoms with Gasteiger partial charge in [-0.1, -0.05) is 53.7 Å². The molecule has 2 aromatic carbocycles. The van der Waals surface area contributed by atoms with E-state index >= 15 is 0 Å². The molecular formula is C24H19NO5. The third kappa shape index (κ3) is 4.33. The lowest BCUT2D eigenvalue weighted by Gasteiger charge is -2.10. The van der Waals surface area contributed by atoms with Gasteiger partial charge in [-0.15, -0.1) is 0 Å². The Hall–Kier alpha value is -4.06. The average molecular weight is 401 g/mol. The van der Waals surface area contributed by atoms with Gasteiger partial charge in [-0.25, -0.2) is 4.79 Å². The number of para-hydroxylation sites is 1. The molecule has 2 aromatic heterocycles. The molecule has 30 heavy (non-hydrogen) atoms. The zero-order valence-corrected chi connectivity index (χ0v) is 16.3. The molecule has 0 spiro atoms. The van der Waals surface area contributed by atoms with E-state index in [-0.39, 0.29) is 6.61 Å². The van der Waals surface area contributed by atoms with E-state index in [2.05, 4.69) is 5.16 Å². The fraction of sp³-hybridized carbons (Fsp3) is 0.0833. The molecular weight excluding hydrogens is 382 g/mol. The molecule has 6 nitrogen and oxygen atoms in total.